The monoisotopic (exact) mass is 362 g/mol. The molecule has 4 heteroatoms. The van der Waals surface area contributed by atoms with E-state index in [1.54, 1.807) is 14.2 Å². The molecule has 0 radical (unpaired) electrons. The highest BCUT2D eigenvalue weighted by molar-refractivity contribution is 9.10. The predicted molar refractivity (Wildman–Crippen MR) is 89.8 cm³/mol. The molecule has 1 unspecified atom stereocenters. The second-order valence-electron chi connectivity index (χ2n) is 5.50. The summed E-state index contributed by atoms with van der Waals surface area (Å²) >= 11 is 3.48. The molecule has 0 amide bonds. The molecular weight excluding hydrogens is 344 g/mol. The first kappa shape index (κ1) is 15.4. The van der Waals surface area contributed by atoms with Gasteiger partial charge in [-0.1, -0.05) is 28.1 Å². The Balaban J connectivity index is 2.15. The number of hydrogen-bond acceptors (Lipinski definition) is 3. The minimum absolute atomic E-state index is 0.478. The summed E-state index contributed by atoms with van der Waals surface area (Å²) in [6.07, 6.45) is 0.877. The van der Waals surface area contributed by atoms with Crippen molar-refractivity contribution in [3.8, 4) is 11.5 Å². The average Bonchev–Trinajstić information content (AvgIpc) is 2.54. The van der Waals surface area contributed by atoms with Crippen LogP contribution in [0.4, 0.5) is 0 Å². The van der Waals surface area contributed by atoms with E-state index in [1.807, 2.05) is 18.2 Å². The summed E-state index contributed by atoms with van der Waals surface area (Å²) in [5.74, 6) is 1.50. The van der Waals surface area contributed by atoms with Gasteiger partial charge in [-0.25, -0.2) is 0 Å². The molecule has 0 aliphatic carbocycles. The number of fused-ring (bicyclic) bond motifs is 1. The maximum absolute atomic E-state index is 6.18. The van der Waals surface area contributed by atoms with Crippen molar-refractivity contribution < 1.29 is 14.2 Å². The molecule has 0 bridgehead atoms. The smallest absolute Gasteiger partial charge is 0.161 e. The van der Waals surface area contributed by atoms with Crippen LogP contribution < -0.4 is 9.47 Å². The van der Waals surface area contributed by atoms with Crippen LogP contribution in [0.1, 0.15) is 23.6 Å². The molecule has 2 aromatic rings. The van der Waals surface area contributed by atoms with Gasteiger partial charge in [0.15, 0.2) is 11.5 Å². The first-order chi connectivity index (χ1) is 10.6. The first-order valence-corrected chi connectivity index (χ1v) is 8.03. The normalized spacial score (nSPS) is 20.4. The first-order valence-electron chi connectivity index (χ1n) is 7.24. The summed E-state index contributed by atoms with van der Waals surface area (Å²) < 4.78 is 18.1. The lowest BCUT2D eigenvalue weighted by molar-refractivity contribution is -0.0144. The molecule has 0 saturated heterocycles. The fourth-order valence-corrected chi connectivity index (χ4v) is 3.29. The number of rotatable bonds is 3. The predicted octanol–water partition coefficient (Wildman–Crippen LogP) is 4.30. The van der Waals surface area contributed by atoms with E-state index in [-0.39, 0.29) is 0 Å². The maximum Gasteiger partial charge on any atom is 0.161 e. The number of benzene rings is 2. The van der Waals surface area contributed by atoms with Crippen molar-refractivity contribution in [1.82, 2.24) is 0 Å². The van der Waals surface area contributed by atoms with Gasteiger partial charge in [-0.2, -0.15) is 0 Å². The van der Waals surface area contributed by atoms with Crippen LogP contribution in [0.2, 0.25) is 0 Å². The Morgan fingerprint density at radius 2 is 1.68 bits per heavy atom. The van der Waals surface area contributed by atoms with E-state index in [4.69, 9.17) is 14.2 Å². The van der Waals surface area contributed by atoms with Crippen LogP contribution in [0.25, 0.3) is 0 Å². The number of halogens is 1. The fourth-order valence-electron chi connectivity index (χ4n) is 3.02. The van der Waals surface area contributed by atoms with Crippen LogP contribution in [-0.4, -0.2) is 20.8 Å². The van der Waals surface area contributed by atoms with Crippen molar-refractivity contribution in [2.24, 2.45) is 0 Å². The molecule has 3 rings (SSSR count). The van der Waals surface area contributed by atoms with Crippen molar-refractivity contribution in [3.05, 3.63) is 57.6 Å². The SMILES string of the molecule is COc1cc2c(cc1OC)C(C)(c1ccc(Br)cc1)OCC2. The van der Waals surface area contributed by atoms with Gasteiger partial charge in [-0.05, 0) is 54.3 Å². The maximum atomic E-state index is 6.18. The summed E-state index contributed by atoms with van der Waals surface area (Å²) in [6.45, 7) is 2.80. The second kappa shape index (κ2) is 5.94. The van der Waals surface area contributed by atoms with Gasteiger partial charge in [-0.15, -0.1) is 0 Å². The van der Waals surface area contributed by atoms with Crippen molar-refractivity contribution in [1.29, 1.82) is 0 Å². The molecule has 22 heavy (non-hydrogen) atoms. The summed E-state index contributed by atoms with van der Waals surface area (Å²) in [6, 6.07) is 12.4. The molecule has 116 valence electrons. The lowest BCUT2D eigenvalue weighted by Crippen LogP contribution is -2.33. The molecule has 1 heterocycles. The molecule has 2 aromatic carbocycles. The van der Waals surface area contributed by atoms with Gasteiger partial charge in [0.2, 0.25) is 0 Å². The third-order valence-electron chi connectivity index (χ3n) is 4.28. The van der Waals surface area contributed by atoms with E-state index in [9.17, 15) is 0 Å². The van der Waals surface area contributed by atoms with Crippen molar-refractivity contribution in [3.63, 3.8) is 0 Å². The molecule has 0 N–H and O–H groups in total. The average molecular weight is 363 g/mol. The quantitative estimate of drug-likeness (QED) is 0.814. The Morgan fingerprint density at radius 3 is 2.32 bits per heavy atom. The number of methoxy groups -OCH3 is 2. The number of ether oxygens (including phenoxy) is 3. The van der Waals surface area contributed by atoms with Crippen molar-refractivity contribution in [2.75, 3.05) is 20.8 Å². The zero-order valence-electron chi connectivity index (χ0n) is 13.0. The Kier molecular flexibility index (Phi) is 4.15. The Morgan fingerprint density at radius 1 is 1.05 bits per heavy atom. The summed E-state index contributed by atoms with van der Waals surface area (Å²) in [5.41, 5.74) is 3.03. The molecule has 0 saturated carbocycles. The van der Waals surface area contributed by atoms with Gasteiger partial charge in [0, 0.05) is 4.47 Å². The summed E-state index contributed by atoms with van der Waals surface area (Å²) in [4.78, 5) is 0. The van der Waals surface area contributed by atoms with Gasteiger partial charge in [-0.3, -0.25) is 0 Å². The van der Waals surface area contributed by atoms with E-state index in [0.29, 0.717) is 6.61 Å². The molecular formula is C18H19BrO3. The highest BCUT2D eigenvalue weighted by atomic mass is 79.9. The van der Waals surface area contributed by atoms with E-state index in [1.165, 1.54) is 5.56 Å². The third kappa shape index (κ3) is 2.50. The molecule has 0 fully saturated rings. The molecule has 0 spiro atoms. The molecule has 3 nitrogen and oxygen atoms in total. The summed E-state index contributed by atoms with van der Waals surface area (Å²) in [5, 5.41) is 0. The third-order valence-corrected chi connectivity index (χ3v) is 4.81. The van der Waals surface area contributed by atoms with Crippen LogP contribution in [0.3, 0.4) is 0 Å². The van der Waals surface area contributed by atoms with E-state index >= 15 is 0 Å². The molecule has 1 aliphatic heterocycles. The molecule has 1 aliphatic rings. The van der Waals surface area contributed by atoms with E-state index < -0.39 is 5.60 Å². The van der Waals surface area contributed by atoms with Crippen LogP contribution in [0.5, 0.6) is 11.5 Å². The second-order valence-corrected chi connectivity index (χ2v) is 6.42. The van der Waals surface area contributed by atoms with Gasteiger partial charge in [0.05, 0.1) is 20.8 Å². The van der Waals surface area contributed by atoms with Crippen LogP contribution in [-0.2, 0) is 16.8 Å². The Bertz CT molecular complexity index is 681. The minimum Gasteiger partial charge on any atom is -0.493 e. The van der Waals surface area contributed by atoms with Crippen LogP contribution >= 0.6 is 15.9 Å². The lowest BCUT2D eigenvalue weighted by atomic mass is 9.82. The lowest BCUT2D eigenvalue weighted by Gasteiger charge is -2.37. The van der Waals surface area contributed by atoms with E-state index in [0.717, 1.165) is 33.5 Å². The Hall–Kier alpha value is -1.52. The van der Waals surface area contributed by atoms with Gasteiger partial charge >= 0.3 is 0 Å². The fraction of sp³-hybridized carbons (Fsp3) is 0.333. The number of hydrogen-bond donors (Lipinski definition) is 0. The summed E-state index contributed by atoms with van der Waals surface area (Å²) in [7, 11) is 3.32. The van der Waals surface area contributed by atoms with Crippen LogP contribution in [0.15, 0.2) is 40.9 Å². The zero-order chi connectivity index (χ0) is 15.7. The van der Waals surface area contributed by atoms with Crippen LogP contribution in [0, 0.1) is 0 Å². The standard InChI is InChI=1S/C18H19BrO3/c1-18(13-4-6-14(19)7-5-13)15-11-17(21-3)16(20-2)10-12(15)8-9-22-18/h4-7,10-11H,8-9H2,1-3H3. The van der Waals surface area contributed by atoms with Gasteiger partial charge in [0.1, 0.15) is 5.60 Å². The highest BCUT2D eigenvalue weighted by Crippen LogP contribution is 2.43. The van der Waals surface area contributed by atoms with Gasteiger partial charge in [0.25, 0.3) is 0 Å². The molecule has 1 atom stereocenters. The largest absolute Gasteiger partial charge is 0.493 e. The van der Waals surface area contributed by atoms with Crippen molar-refractivity contribution in [2.45, 2.75) is 18.9 Å². The van der Waals surface area contributed by atoms with Crippen molar-refractivity contribution >= 4 is 15.9 Å². The molecule has 0 aromatic heterocycles. The van der Waals surface area contributed by atoms with E-state index in [2.05, 4.69) is 41.1 Å². The van der Waals surface area contributed by atoms with Gasteiger partial charge < -0.3 is 14.2 Å². The topological polar surface area (TPSA) is 27.7 Å². The minimum atomic E-state index is -0.478. The zero-order valence-corrected chi connectivity index (χ0v) is 14.6. The highest BCUT2D eigenvalue weighted by Gasteiger charge is 2.36. The Labute approximate surface area is 139 Å².